The van der Waals surface area contributed by atoms with Gasteiger partial charge in [-0.05, 0) is 42.0 Å². The third-order valence-corrected chi connectivity index (χ3v) is 4.79. The van der Waals surface area contributed by atoms with Crippen LogP contribution in [0.4, 0.5) is 11.6 Å². The lowest BCUT2D eigenvalue weighted by Gasteiger charge is -2.29. The Balaban J connectivity index is 1.81. The predicted octanol–water partition coefficient (Wildman–Crippen LogP) is 2.92. The summed E-state index contributed by atoms with van der Waals surface area (Å²) in [5, 5.41) is 18.0. The number of methoxy groups -OCH3 is 1. The van der Waals surface area contributed by atoms with Gasteiger partial charge in [0.25, 0.3) is 5.91 Å². The molecule has 3 aromatic rings. The molecule has 2 aromatic carbocycles. The largest absolute Gasteiger partial charge is 0.496 e. The zero-order valence-electron chi connectivity index (χ0n) is 15.8. The molecule has 2 N–H and O–H groups in total. The van der Waals surface area contributed by atoms with Crippen LogP contribution in [0.3, 0.4) is 0 Å². The number of tetrazole rings is 1. The number of aromatic nitrogens is 4. The maximum absolute atomic E-state index is 13.3. The van der Waals surface area contributed by atoms with Crippen molar-refractivity contribution < 1.29 is 9.53 Å². The summed E-state index contributed by atoms with van der Waals surface area (Å²) in [6.45, 7) is 3.79. The number of allylic oxidation sites excluding steroid dienone is 1. The van der Waals surface area contributed by atoms with E-state index in [9.17, 15) is 4.79 Å². The van der Waals surface area contributed by atoms with Crippen molar-refractivity contribution in [2.75, 3.05) is 17.7 Å². The van der Waals surface area contributed by atoms with E-state index in [4.69, 9.17) is 4.74 Å². The van der Waals surface area contributed by atoms with E-state index in [0.29, 0.717) is 23.0 Å². The van der Waals surface area contributed by atoms with Crippen LogP contribution in [0.1, 0.15) is 24.1 Å². The number of amides is 1. The molecule has 0 radical (unpaired) electrons. The SMILES string of the molecule is COc1ccccc1[C@H]1C(C(=O)Nc2ccccc2C)=C(C)Nc2nnnn21. The van der Waals surface area contributed by atoms with Gasteiger partial charge in [-0.1, -0.05) is 41.5 Å². The lowest BCUT2D eigenvalue weighted by molar-refractivity contribution is -0.113. The molecule has 0 saturated heterocycles. The van der Waals surface area contributed by atoms with Crippen molar-refractivity contribution in [1.82, 2.24) is 20.2 Å². The number of nitrogens with one attached hydrogen (secondary N) is 2. The number of para-hydroxylation sites is 2. The van der Waals surface area contributed by atoms with Gasteiger partial charge in [-0.15, -0.1) is 0 Å². The monoisotopic (exact) mass is 376 g/mol. The number of anilines is 2. The molecule has 1 aliphatic heterocycles. The summed E-state index contributed by atoms with van der Waals surface area (Å²) in [5.74, 6) is 0.905. The van der Waals surface area contributed by atoms with Crippen molar-refractivity contribution in [3.63, 3.8) is 0 Å². The van der Waals surface area contributed by atoms with Gasteiger partial charge >= 0.3 is 0 Å². The molecule has 28 heavy (non-hydrogen) atoms. The van der Waals surface area contributed by atoms with Gasteiger partial charge in [0.2, 0.25) is 5.95 Å². The number of carbonyl (C=O) groups excluding carboxylic acids is 1. The van der Waals surface area contributed by atoms with Crippen molar-refractivity contribution in [3.05, 3.63) is 70.9 Å². The first-order valence-corrected chi connectivity index (χ1v) is 8.85. The summed E-state index contributed by atoms with van der Waals surface area (Å²) < 4.78 is 7.13. The highest BCUT2D eigenvalue weighted by molar-refractivity contribution is 6.06. The van der Waals surface area contributed by atoms with Crippen LogP contribution >= 0.6 is 0 Å². The Kier molecular flexibility index (Phi) is 4.52. The molecule has 0 fully saturated rings. The van der Waals surface area contributed by atoms with Crippen LogP contribution in [-0.2, 0) is 4.79 Å². The summed E-state index contributed by atoms with van der Waals surface area (Å²) in [6.07, 6.45) is 0. The average Bonchev–Trinajstić information content (AvgIpc) is 3.16. The number of rotatable bonds is 4. The van der Waals surface area contributed by atoms with Crippen molar-refractivity contribution in [2.24, 2.45) is 0 Å². The Morgan fingerprint density at radius 2 is 1.89 bits per heavy atom. The molecular formula is C20H20N6O2. The second-order valence-corrected chi connectivity index (χ2v) is 6.52. The fourth-order valence-electron chi connectivity index (χ4n) is 3.39. The Hall–Kier alpha value is -3.68. The molecule has 142 valence electrons. The molecule has 0 aliphatic carbocycles. The summed E-state index contributed by atoms with van der Waals surface area (Å²) in [5.41, 5.74) is 3.75. The molecule has 1 amide bonds. The maximum Gasteiger partial charge on any atom is 0.255 e. The quantitative estimate of drug-likeness (QED) is 0.727. The number of hydrogen-bond donors (Lipinski definition) is 2. The zero-order valence-corrected chi connectivity index (χ0v) is 15.8. The molecule has 1 aromatic heterocycles. The van der Waals surface area contributed by atoms with E-state index in [1.807, 2.05) is 62.4 Å². The third-order valence-electron chi connectivity index (χ3n) is 4.79. The second-order valence-electron chi connectivity index (χ2n) is 6.52. The molecule has 1 aliphatic rings. The topological polar surface area (TPSA) is 94.0 Å². The molecule has 0 spiro atoms. The van der Waals surface area contributed by atoms with Crippen LogP contribution in [0.25, 0.3) is 0 Å². The highest BCUT2D eigenvalue weighted by Crippen LogP contribution is 2.38. The van der Waals surface area contributed by atoms with Crippen molar-refractivity contribution in [2.45, 2.75) is 19.9 Å². The highest BCUT2D eigenvalue weighted by atomic mass is 16.5. The van der Waals surface area contributed by atoms with E-state index >= 15 is 0 Å². The first kappa shape index (κ1) is 17.7. The Bertz CT molecular complexity index is 1070. The molecule has 4 rings (SSSR count). The van der Waals surface area contributed by atoms with E-state index < -0.39 is 6.04 Å². The summed E-state index contributed by atoms with van der Waals surface area (Å²) in [6, 6.07) is 14.7. The number of aryl methyl sites for hydroxylation is 1. The Labute approximate surface area is 162 Å². The van der Waals surface area contributed by atoms with Gasteiger partial charge in [0, 0.05) is 16.9 Å². The normalized spacial score (nSPS) is 15.6. The summed E-state index contributed by atoms with van der Waals surface area (Å²) in [4.78, 5) is 13.3. The van der Waals surface area contributed by atoms with E-state index in [0.717, 1.165) is 16.8 Å². The number of nitrogens with zero attached hydrogens (tertiary/aromatic N) is 4. The molecule has 0 saturated carbocycles. The molecule has 1 atom stereocenters. The van der Waals surface area contributed by atoms with Crippen LogP contribution in [0.5, 0.6) is 5.75 Å². The summed E-state index contributed by atoms with van der Waals surface area (Å²) >= 11 is 0. The lowest BCUT2D eigenvalue weighted by atomic mass is 9.94. The van der Waals surface area contributed by atoms with E-state index in [1.54, 1.807) is 11.8 Å². The minimum absolute atomic E-state index is 0.226. The van der Waals surface area contributed by atoms with Crippen LogP contribution < -0.4 is 15.4 Å². The van der Waals surface area contributed by atoms with Gasteiger partial charge in [-0.3, -0.25) is 4.79 Å². The first-order valence-electron chi connectivity index (χ1n) is 8.85. The molecule has 8 nitrogen and oxygen atoms in total. The Morgan fingerprint density at radius 1 is 1.14 bits per heavy atom. The number of fused-ring (bicyclic) bond motifs is 1. The van der Waals surface area contributed by atoms with Crippen molar-refractivity contribution >= 4 is 17.5 Å². The number of ether oxygens (including phenoxy) is 1. The van der Waals surface area contributed by atoms with E-state index in [1.165, 1.54) is 0 Å². The fraction of sp³-hybridized carbons (Fsp3) is 0.200. The Morgan fingerprint density at radius 3 is 2.68 bits per heavy atom. The zero-order chi connectivity index (χ0) is 19.7. The average molecular weight is 376 g/mol. The predicted molar refractivity (Wildman–Crippen MR) is 105 cm³/mol. The number of benzene rings is 2. The van der Waals surface area contributed by atoms with Gasteiger partial charge in [-0.2, -0.15) is 4.68 Å². The number of carbonyl (C=O) groups is 1. The standard InChI is InChI=1S/C20H20N6O2/c1-12-8-4-6-10-15(12)22-19(27)17-13(2)21-20-23-24-25-26(20)18(17)14-9-5-7-11-16(14)28-3/h4-11,18H,1-3H3,(H,22,27)(H,21,23,25)/t18-/m0/s1. The minimum Gasteiger partial charge on any atom is -0.496 e. The van der Waals surface area contributed by atoms with Gasteiger partial charge in [-0.25, -0.2) is 0 Å². The second kappa shape index (κ2) is 7.15. The van der Waals surface area contributed by atoms with Gasteiger partial charge in [0.15, 0.2) is 0 Å². The first-order chi connectivity index (χ1) is 13.6. The lowest BCUT2D eigenvalue weighted by Crippen LogP contribution is -2.31. The molecule has 2 heterocycles. The molecule has 0 bridgehead atoms. The smallest absolute Gasteiger partial charge is 0.255 e. The summed E-state index contributed by atoms with van der Waals surface area (Å²) in [7, 11) is 1.60. The van der Waals surface area contributed by atoms with Crippen molar-refractivity contribution in [1.29, 1.82) is 0 Å². The third kappa shape index (κ3) is 2.98. The van der Waals surface area contributed by atoms with Crippen LogP contribution in [-0.4, -0.2) is 33.2 Å². The number of hydrogen-bond acceptors (Lipinski definition) is 6. The van der Waals surface area contributed by atoms with Crippen LogP contribution in [0.2, 0.25) is 0 Å². The molecule has 8 heteroatoms. The van der Waals surface area contributed by atoms with Gasteiger partial charge < -0.3 is 15.4 Å². The molecular weight excluding hydrogens is 356 g/mol. The maximum atomic E-state index is 13.3. The van der Waals surface area contributed by atoms with Gasteiger partial charge in [0.05, 0.1) is 12.7 Å². The molecule has 0 unspecified atom stereocenters. The van der Waals surface area contributed by atoms with E-state index in [2.05, 4.69) is 26.2 Å². The van der Waals surface area contributed by atoms with Crippen LogP contribution in [0.15, 0.2) is 59.8 Å². The van der Waals surface area contributed by atoms with Gasteiger partial charge in [0.1, 0.15) is 11.8 Å². The minimum atomic E-state index is -0.522. The fourth-order valence-corrected chi connectivity index (χ4v) is 3.39. The van der Waals surface area contributed by atoms with Crippen molar-refractivity contribution in [3.8, 4) is 5.75 Å². The highest BCUT2D eigenvalue weighted by Gasteiger charge is 2.35. The van der Waals surface area contributed by atoms with E-state index in [-0.39, 0.29) is 5.91 Å². The van der Waals surface area contributed by atoms with Crippen LogP contribution in [0, 0.1) is 6.92 Å².